The van der Waals surface area contributed by atoms with Crippen LogP contribution in [0.15, 0.2) is 184 Å². The van der Waals surface area contributed by atoms with Crippen molar-refractivity contribution in [2.24, 2.45) is 9.98 Å². The van der Waals surface area contributed by atoms with Crippen LogP contribution in [0.2, 0.25) is 0 Å². The van der Waals surface area contributed by atoms with Crippen LogP contribution in [0.5, 0.6) is 0 Å². The summed E-state index contributed by atoms with van der Waals surface area (Å²) < 4.78 is 6.48. The zero-order valence-electron chi connectivity index (χ0n) is 27.9. The van der Waals surface area contributed by atoms with Gasteiger partial charge in [-0.1, -0.05) is 140 Å². The molecule has 4 nitrogen and oxygen atoms in total. The largest absolute Gasteiger partial charge is 0.456 e. The average molecular weight is 656 g/mol. The Morgan fingerprint density at radius 1 is 0.529 bits per heavy atom. The van der Waals surface area contributed by atoms with Crippen molar-refractivity contribution in [3.8, 4) is 22.3 Å². The highest BCUT2D eigenvalue weighted by molar-refractivity contribution is 6.18. The molecule has 1 aliphatic heterocycles. The normalized spacial score (nSPS) is 15.9. The van der Waals surface area contributed by atoms with E-state index in [1.165, 1.54) is 32.7 Å². The summed E-state index contributed by atoms with van der Waals surface area (Å²) in [6.07, 6.45) is 8.23. The SMILES string of the molecule is C1=CC(C2=NC(c3cccc4oc5cc(-c6ccccc6)ccc5c34)N=C(c3ccc(-c4cc5ccccc5c5ccccc45)cc3)N2)=CCC1. The van der Waals surface area contributed by atoms with Gasteiger partial charge >= 0.3 is 0 Å². The minimum Gasteiger partial charge on any atom is -0.456 e. The van der Waals surface area contributed by atoms with Gasteiger partial charge in [0.2, 0.25) is 0 Å². The van der Waals surface area contributed by atoms with Gasteiger partial charge < -0.3 is 9.73 Å². The first kappa shape index (κ1) is 29.4. The molecule has 1 aliphatic carbocycles. The van der Waals surface area contributed by atoms with Crippen LogP contribution in [0, 0.1) is 0 Å². The van der Waals surface area contributed by atoms with Gasteiger partial charge in [0.1, 0.15) is 22.8 Å². The number of furan rings is 1. The number of fused-ring (bicyclic) bond motifs is 6. The molecule has 0 spiro atoms. The molecule has 0 radical (unpaired) electrons. The Labute approximate surface area is 295 Å². The molecular weight excluding hydrogens is 623 g/mol. The molecular formula is C47H33N3O. The van der Waals surface area contributed by atoms with Crippen LogP contribution in [-0.2, 0) is 0 Å². The van der Waals surface area contributed by atoms with Crippen LogP contribution in [0.3, 0.4) is 0 Å². The number of rotatable bonds is 5. The van der Waals surface area contributed by atoms with Crippen LogP contribution in [0.25, 0.3) is 65.7 Å². The van der Waals surface area contributed by atoms with E-state index in [9.17, 15) is 0 Å². The van der Waals surface area contributed by atoms with E-state index in [1.54, 1.807) is 0 Å². The third-order valence-electron chi connectivity index (χ3n) is 10.2. The molecule has 2 heterocycles. The van der Waals surface area contributed by atoms with Crippen LogP contribution in [0.4, 0.5) is 0 Å². The molecule has 10 rings (SSSR count). The Hall–Kier alpha value is -6.52. The summed E-state index contributed by atoms with van der Waals surface area (Å²) in [7, 11) is 0. The topological polar surface area (TPSA) is 49.9 Å². The maximum Gasteiger partial charge on any atom is 0.170 e. The predicted octanol–water partition coefficient (Wildman–Crippen LogP) is 11.9. The van der Waals surface area contributed by atoms with Gasteiger partial charge in [0.15, 0.2) is 6.17 Å². The molecule has 0 bridgehead atoms. The monoisotopic (exact) mass is 655 g/mol. The van der Waals surface area contributed by atoms with Gasteiger partial charge in [-0.05, 0) is 80.9 Å². The number of aliphatic imine (C=N–C) groups is 2. The van der Waals surface area contributed by atoms with Crippen LogP contribution in [0.1, 0.15) is 30.1 Å². The number of nitrogens with one attached hydrogen (secondary N) is 1. The standard InChI is InChI=1S/C47H33N3O/c1-3-12-30(13-4-1)34-26-27-39-43(29-34)51-42-21-11-20-40(44(39)42)47-49-45(32-14-5-2-6-15-32)48-46(50-47)33-24-22-31(23-25-33)41-28-35-16-7-8-17-36(35)37-18-9-10-19-38(37)41/h1,3-5,7-29,47H,2,6H2,(H,48,49,50). The molecule has 4 heteroatoms. The molecule has 51 heavy (non-hydrogen) atoms. The highest BCUT2D eigenvalue weighted by Crippen LogP contribution is 2.39. The fraction of sp³-hybridized carbons (Fsp3) is 0.0638. The highest BCUT2D eigenvalue weighted by atomic mass is 16.3. The van der Waals surface area contributed by atoms with Gasteiger partial charge in [0, 0.05) is 27.5 Å². The van der Waals surface area contributed by atoms with Crippen molar-refractivity contribution in [1.29, 1.82) is 0 Å². The summed E-state index contributed by atoms with van der Waals surface area (Å²) in [5.74, 6) is 1.64. The fourth-order valence-electron chi connectivity index (χ4n) is 7.65. The molecule has 1 N–H and O–H groups in total. The average Bonchev–Trinajstić information content (AvgIpc) is 3.59. The maximum atomic E-state index is 6.48. The summed E-state index contributed by atoms with van der Waals surface area (Å²) in [6.45, 7) is 0. The van der Waals surface area contributed by atoms with E-state index in [1.807, 2.05) is 18.2 Å². The van der Waals surface area contributed by atoms with Crippen molar-refractivity contribution in [2.75, 3.05) is 0 Å². The number of amidine groups is 2. The van der Waals surface area contributed by atoms with E-state index in [2.05, 4.69) is 151 Å². The Morgan fingerprint density at radius 2 is 1.27 bits per heavy atom. The fourth-order valence-corrected chi connectivity index (χ4v) is 7.65. The van der Waals surface area contributed by atoms with Crippen LogP contribution < -0.4 is 5.32 Å². The van der Waals surface area contributed by atoms with Crippen molar-refractivity contribution >= 4 is 55.2 Å². The van der Waals surface area contributed by atoms with Crippen molar-refractivity contribution in [2.45, 2.75) is 19.0 Å². The maximum absolute atomic E-state index is 6.48. The molecule has 0 fully saturated rings. The molecule has 2 aliphatic rings. The number of hydrogen-bond acceptors (Lipinski definition) is 4. The lowest BCUT2D eigenvalue weighted by Gasteiger charge is -2.24. The first-order chi connectivity index (χ1) is 25.3. The summed E-state index contributed by atoms with van der Waals surface area (Å²) in [5.41, 5.74) is 9.51. The molecule has 0 saturated heterocycles. The minimum absolute atomic E-state index is 0.449. The quantitative estimate of drug-likeness (QED) is 0.188. The zero-order valence-corrected chi connectivity index (χ0v) is 27.9. The van der Waals surface area contributed by atoms with Crippen molar-refractivity contribution in [1.82, 2.24) is 5.32 Å². The van der Waals surface area contributed by atoms with Gasteiger partial charge in [-0.3, -0.25) is 0 Å². The lowest BCUT2D eigenvalue weighted by Crippen LogP contribution is -2.36. The van der Waals surface area contributed by atoms with Crippen molar-refractivity contribution in [3.05, 3.63) is 181 Å². The summed E-state index contributed by atoms with van der Waals surface area (Å²) >= 11 is 0. The van der Waals surface area contributed by atoms with Gasteiger partial charge in [0.25, 0.3) is 0 Å². The second kappa shape index (κ2) is 12.1. The Bertz CT molecular complexity index is 2770. The third kappa shape index (κ3) is 5.15. The lowest BCUT2D eigenvalue weighted by molar-refractivity contribution is 0.668. The molecule has 8 aromatic rings. The van der Waals surface area contributed by atoms with Crippen molar-refractivity contribution < 1.29 is 4.42 Å². The first-order valence-electron chi connectivity index (χ1n) is 17.6. The van der Waals surface area contributed by atoms with E-state index in [-0.39, 0.29) is 0 Å². The smallest absolute Gasteiger partial charge is 0.170 e. The summed E-state index contributed by atoms with van der Waals surface area (Å²) in [4.78, 5) is 10.5. The van der Waals surface area contributed by atoms with Gasteiger partial charge in [-0.2, -0.15) is 0 Å². The van der Waals surface area contributed by atoms with Crippen LogP contribution >= 0.6 is 0 Å². The zero-order chi connectivity index (χ0) is 33.7. The predicted molar refractivity (Wildman–Crippen MR) is 212 cm³/mol. The second-order valence-corrected chi connectivity index (χ2v) is 13.3. The van der Waals surface area contributed by atoms with E-state index in [4.69, 9.17) is 14.4 Å². The first-order valence-corrected chi connectivity index (χ1v) is 17.6. The van der Waals surface area contributed by atoms with Gasteiger partial charge in [-0.25, -0.2) is 9.98 Å². The Balaban J connectivity index is 1.08. The molecule has 0 saturated carbocycles. The third-order valence-corrected chi connectivity index (χ3v) is 10.2. The van der Waals surface area contributed by atoms with E-state index < -0.39 is 6.17 Å². The molecule has 1 unspecified atom stereocenters. The minimum atomic E-state index is -0.449. The highest BCUT2D eigenvalue weighted by Gasteiger charge is 2.25. The van der Waals surface area contributed by atoms with Gasteiger partial charge in [0.05, 0.1) is 0 Å². The molecule has 242 valence electrons. The molecule has 7 aromatic carbocycles. The number of allylic oxidation sites excluding steroid dienone is 2. The molecule has 0 amide bonds. The summed E-state index contributed by atoms with van der Waals surface area (Å²) in [5, 5.41) is 10.8. The van der Waals surface area contributed by atoms with E-state index >= 15 is 0 Å². The van der Waals surface area contributed by atoms with Crippen LogP contribution in [-0.4, -0.2) is 11.7 Å². The Kier molecular flexibility index (Phi) is 6.98. The van der Waals surface area contributed by atoms with Gasteiger partial charge in [-0.15, -0.1) is 0 Å². The number of hydrogen-bond donors (Lipinski definition) is 1. The van der Waals surface area contributed by atoms with Crippen molar-refractivity contribution in [3.63, 3.8) is 0 Å². The lowest BCUT2D eigenvalue weighted by atomic mass is 9.93. The molecule has 1 atom stereocenters. The number of nitrogens with zero attached hydrogens (tertiary/aromatic N) is 2. The molecule has 1 aromatic heterocycles. The number of benzene rings is 7. The second-order valence-electron chi connectivity index (χ2n) is 13.3. The summed E-state index contributed by atoms with van der Waals surface area (Å²) in [6, 6.07) is 51.5. The Morgan fingerprint density at radius 3 is 2.12 bits per heavy atom. The van der Waals surface area contributed by atoms with E-state index in [0.29, 0.717) is 0 Å². The van der Waals surface area contributed by atoms with E-state index in [0.717, 1.165) is 74.3 Å².